The molecule has 0 bridgehead atoms. The molecule has 0 rings (SSSR count). The van der Waals surface area contributed by atoms with Crippen LogP contribution >= 0.6 is 0 Å². The van der Waals surface area contributed by atoms with E-state index in [1.165, 1.54) is 89.9 Å². The molecule has 0 spiro atoms. The summed E-state index contributed by atoms with van der Waals surface area (Å²) in [7, 11) is 0. The van der Waals surface area contributed by atoms with Crippen molar-refractivity contribution in [3.63, 3.8) is 0 Å². The molecule has 0 heterocycles. The molecular formula is C35H65NO4. The Morgan fingerprint density at radius 2 is 1.02 bits per heavy atom. The quantitative estimate of drug-likeness (QED) is 0.0543. The van der Waals surface area contributed by atoms with E-state index in [9.17, 15) is 20.1 Å². The van der Waals surface area contributed by atoms with Crippen molar-refractivity contribution in [1.29, 1.82) is 0 Å². The van der Waals surface area contributed by atoms with Gasteiger partial charge in [-0.15, -0.1) is 0 Å². The lowest BCUT2D eigenvalue weighted by Crippen LogP contribution is -2.48. The number of rotatable bonds is 29. The molecule has 3 unspecified atom stereocenters. The number of allylic oxidation sites excluding steroid dienone is 5. The summed E-state index contributed by atoms with van der Waals surface area (Å²) in [4.78, 5) is 12.3. The van der Waals surface area contributed by atoms with Gasteiger partial charge in [0.15, 0.2) is 0 Å². The summed E-state index contributed by atoms with van der Waals surface area (Å²) in [6, 6.07) is -0.815. The maximum absolute atomic E-state index is 12.3. The van der Waals surface area contributed by atoms with Gasteiger partial charge in [0.2, 0.25) is 5.91 Å². The highest BCUT2D eigenvalue weighted by Crippen LogP contribution is 2.14. The lowest BCUT2D eigenvalue weighted by Gasteiger charge is -2.21. The zero-order valence-electron chi connectivity index (χ0n) is 26.2. The Balaban J connectivity index is 3.84. The predicted molar refractivity (Wildman–Crippen MR) is 171 cm³/mol. The highest BCUT2D eigenvalue weighted by atomic mass is 16.3. The Kier molecular flexibility index (Phi) is 29.4. The summed E-state index contributed by atoms with van der Waals surface area (Å²) in [6.07, 6.45) is 35.8. The number of unbranched alkanes of at least 4 members (excludes halogenated alkanes) is 17. The Hall–Kier alpha value is -1.43. The van der Waals surface area contributed by atoms with E-state index in [2.05, 4.69) is 43.5 Å². The van der Waals surface area contributed by atoms with Crippen molar-refractivity contribution in [1.82, 2.24) is 5.32 Å². The maximum atomic E-state index is 12.3. The summed E-state index contributed by atoms with van der Waals surface area (Å²) in [6.45, 7) is 4.08. The van der Waals surface area contributed by atoms with Gasteiger partial charge in [-0.05, 0) is 38.5 Å². The summed E-state index contributed by atoms with van der Waals surface area (Å²) in [5.41, 5.74) is 0. The molecule has 0 fully saturated rings. The third-order valence-electron chi connectivity index (χ3n) is 7.46. The van der Waals surface area contributed by atoms with Crippen molar-refractivity contribution in [2.75, 3.05) is 6.61 Å². The van der Waals surface area contributed by atoms with Crippen molar-refractivity contribution >= 4 is 5.91 Å². The van der Waals surface area contributed by atoms with Crippen LogP contribution < -0.4 is 5.32 Å². The molecule has 4 N–H and O–H groups in total. The van der Waals surface area contributed by atoms with E-state index < -0.39 is 24.2 Å². The minimum atomic E-state index is -1.10. The van der Waals surface area contributed by atoms with E-state index in [-0.39, 0.29) is 6.61 Å². The van der Waals surface area contributed by atoms with Crippen LogP contribution in [0.2, 0.25) is 0 Å². The van der Waals surface area contributed by atoms with Gasteiger partial charge < -0.3 is 20.6 Å². The standard InChI is InChI=1S/C35H65NO4/c1-3-5-7-9-11-13-15-17-18-20-22-24-26-28-30-34(39)35(40)36-32(31-37)33(38)29-27-25-23-21-19-16-14-12-10-8-6-4-2/h10,12,19,21,27,29,32-34,37-39H,3-9,11,13-18,20,22-26,28,30-31H2,1-2H3,(H,36,40)/b12-10+,21-19+,29-27+. The molecule has 0 aromatic carbocycles. The highest BCUT2D eigenvalue weighted by molar-refractivity contribution is 5.80. The molecule has 234 valence electrons. The van der Waals surface area contributed by atoms with E-state index in [1.54, 1.807) is 6.08 Å². The van der Waals surface area contributed by atoms with Gasteiger partial charge in [-0.3, -0.25) is 4.79 Å². The predicted octanol–water partition coefficient (Wildman–Crippen LogP) is 8.48. The van der Waals surface area contributed by atoms with E-state index >= 15 is 0 Å². The summed E-state index contributed by atoms with van der Waals surface area (Å²) < 4.78 is 0. The second kappa shape index (κ2) is 30.5. The second-order valence-corrected chi connectivity index (χ2v) is 11.4. The molecule has 0 aliphatic heterocycles. The van der Waals surface area contributed by atoms with E-state index in [0.717, 1.165) is 44.9 Å². The molecule has 0 aromatic rings. The fourth-order valence-electron chi connectivity index (χ4n) is 4.73. The molecule has 0 radical (unpaired) electrons. The summed E-state index contributed by atoms with van der Waals surface area (Å²) >= 11 is 0. The highest BCUT2D eigenvalue weighted by Gasteiger charge is 2.22. The molecule has 3 atom stereocenters. The minimum Gasteiger partial charge on any atom is -0.394 e. The van der Waals surface area contributed by atoms with Gasteiger partial charge in [-0.1, -0.05) is 153 Å². The SMILES string of the molecule is CCCC/C=C/CC/C=C/CC/C=C/C(O)C(CO)NC(=O)C(O)CCCCCCCCCCCCCCCC. The van der Waals surface area contributed by atoms with Gasteiger partial charge in [-0.2, -0.15) is 0 Å². The van der Waals surface area contributed by atoms with Crippen LogP contribution in [0.15, 0.2) is 36.5 Å². The monoisotopic (exact) mass is 563 g/mol. The molecule has 0 aliphatic rings. The first-order valence-electron chi connectivity index (χ1n) is 16.8. The second-order valence-electron chi connectivity index (χ2n) is 11.4. The normalized spacial score (nSPS) is 14.4. The van der Waals surface area contributed by atoms with Gasteiger partial charge >= 0.3 is 0 Å². The van der Waals surface area contributed by atoms with Crippen LogP contribution in [-0.4, -0.2) is 46.1 Å². The average molecular weight is 564 g/mol. The van der Waals surface area contributed by atoms with Crippen LogP contribution in [0.1, 0.15) is 155 Å². The molecule has 40 heavy (non-hydrogen) atoms. The van der Waals surface area contributed by atoms with Crippen LogP contribution in [-0.2, 0) is 4.79 Å². The number of aliphatic hydroxyl groups excluding tert-OH is 3. The average Bonchev–Trinajstić information content (AvgIpc) is 2.96. The lowest BCUT2D eigenvalue weighted by molar-refractivity contribution is -0.131. The van der Waals surface area contributed by atoms with Gasteiger partial charge in [-0.25, -0.2) is 0 Å². The molecule has 0 saturated heterocycles. The van der Waals surface area contributed by atoms with E-state index in [0.29, 0.717) is 6.42 Å². The zero-order chi connectivity index (χ0) is 29.5. The van der Waals surface area contributed by atoms with Crippen LogP contribution in [0.4, 0.5) is 0 Å². The number of aliphatic hydroxyl groups is 3. The summed E-state index contributed by atoms with van der Waals surface area (Å²) in [5, 5.41) is 32.8. The van der Waals surface area contributed by atoms with Crippen LogP contribution in [0.5, 0.6) is 0 Å². The topological polar surface area (TPSA) is 89.8 Å². The van der Waals surface area contributed by atoms with Crippen molar-refractivity contribution < 1.29 is 20.1 Å². The largest absolute Gasteiger partial charge is 0.394 e. The number of hydrogen-bond donors (Lipinski definition) is 4. The molecule has 0 aliphatic carbocycles. The van der Waals surface area contributed by atoms with Crippen molar-refractivity contribution in [2.24, 2.45) is 0 Å². The summed E-state index contributed by atoms with van der Waals surface area (Å²) in [5.74, 6) is -0.520. The third kappa shape index (κ3) is 25.5. The minimum absolute atomic E-state index is 0.380. The van der Waals surface area contributed by atoms with Gasteiger partial charge in [0.1, 0.15) is 6.10 Å². The van der Waals surface area contributed by atoms with Gasteiger partial charge in [0, 0.05) is 0 Å². The van der Waals surface area contributed by atoms with Crippen LogP contribution in [0.25, 0.3) is 0 Å². The molecule has 0 saturated carbocycles. The van der Waals surface area contributed by atoms with Crippen LogP contribution in [0.3, 0.4) is 0 Å². The molecular weight excluding hydrogens is 498 g/mol. The first-order valence-corrected chi connectivity index (χ1v) is 16.8. The van der Waals surface area contributed by atoms with Crippen molar-refractivity contribution in [3.05, 3.63) is 36.5 Å². The molecule has 0 aromatic heterocycles. The smallest absolute Gasteiger partial charge is 0.249 e. The molecule has 1 amide bonds. The zero-order valence-corrected chi connectivity index (χ0v) is 26.2. The first kappa shape index (κ1) is 38.6. The maximum Gasteiger partial charge on any atom is 0.249 e. The van der Waals surface area contributed by atoms with Crippen molar-refractivity contribution in [3.8, 4) is 0 Å². The molecule has 5 nitrogen and oxygen atoms in total. The number of amides is 1. The van der Waals surface area contributed by atoms with Gasteiger partial charge in [0.05, 0.1) is 18.8 Å². The Labute approximate surface area is 247 Å². The van der Waals surface area contributed by atoms with Crippen LogP contribution in [0, 0.1) is 0 Å². The third-order valence-corrected chi connectivity index (χ3v) is 7.46. The number of carbonyl (C=O) groups is 1. The van der Waals surface area contributed by atoms with E-state index in [4.69, 9.17) is 0 Å². The van der Waals surface area contributed by atoms with E-state index in [1.807, 2.05) is 6.08 Å². The Morgan fingerprint density at radius 1 is 0.600 bits per heavy atom. The fraction of sp³-hybridized carbons (Fsp3) is 0.800. The number of nitrogens with one attached hydrogen (secondary N) is 1. The first-order chi connectivity index (χ1) is 19.6. The fourth-order valence-corrected chi connectivity index (χ4v) is 4.73. The van der Waals surface area contributed by atoms with Crippen molar-refractivity contribution in [2.45, 2.75) is 173 Å². The van der Waals surface area contributed by atoms with Gasteiger partial charge in [0.25, 0.3) is 0 Å². The Bertz CT molecular complexity index is 631. The lowest BCUT2D eigenvalue weighted by atomic mass is 10.0. The Morgan fingerprint density at radius 3 is 1.50 bits per heavy atom. The number of carbonyl (C=O) groups excluding carboxylic acids is 1. The number of hydrogen-bond acceptors (Lipinski definition) is 4. The molecule has 5 heteroatoms.